The first-order valence-corrected chi connectivity index (χ1v) is 10.6. The zero-order valence-electron chi connectivity index (χ0n) is 16.7. The van der Waals surface area contributed by atoms with Gasteiger partial charge in [0.25, 0.3) is 5.91 Å². The molecular formula is C22H20Br2N2O4. The van der Waals surface area contributed by atoms with Gasteiger partial charge in [0.2, 0.25) is 0 Å². The molecular weight excluding hydrogens is 516 g/mol. The molecule has 0 aromatic heterocycles. The second-order valence-corrected chi connectivity index (χ2v) is 8.06. The molecule has 0 unspecified atom stereocenters. The number of halogens is 2. The van der Waals surface area contributed by atoms with Gasteiger partial charge in [-0.3, -0.25) is 4.79 Å². The third-order valence-electron chi connectivity index (χ3n) is 3.97. The molecule has 0 spiro atoms. The van der Waals surface area contributed by atoms with Crippen LogP contribution in [0.2, 0.25) is 0 Å². The summed E-state index contributed by atoms with van der Waals surface area (Å²) in [7, 11) is 0. The third kappa shape index (κ3) is 6.44. The Hall–Kier alpha value is -2.63. The first-order valence-electron chi connectivity index (χ1n) is 9.03. The van der Waals surface area contributed by atoms with Crippen LogP contribution in [0.1, 0.15) is 23.6 Å². The lowest BCUT2D eigenvalue weighted by molar-refractivity contribution is -0.145. The lowest BCUT2D eigenvalue weighted by Crippen LogP contribution is -2.15. The molecule has 2 aromatic rings. The Labute approximate surface area is 192 Å². The maximum atomic E-state index is 12.6. The van der Waals surface area contributed by atoms with Crippen molar-refractivity contribution in [3.05, 3.63) is 61.5 Å². The fourth-order valence-corrected chi connectivity index (χ4v) is 4.04. The average molecular weight is 536 g/mol. The first kappa shape index (κ1) is 23.6. The summed E-state index contributed by atoms with van der Waals surface area (Å²) in [4.78, 5) is 24.0. The summed E-state index contributed by atoms with van der Waals surface area (Å²) in [5.74, 6) is -0.562. The normalized spacial score (nSPS) is 10.9. The van der Waals surface area contributed by atoms with Crippen molar-refractivity contribution in [2.24, 2.45) is 0 Å². The van der Waals surface area contributed by atoms with Crippen molar-refractivity contribution in [3.8, 4) is 11.8 Å². The number of aryl methyl sites for hydroxylation is 2. The van der Waals surface area contributed by atoms with Crippen LogP contribution in [0.5, 0.6) is 5.75 Å². The largest absolute Gasteiger partial charge is 0.480 e. The zero-order valence-corrected chi connectivity index (χ0v) is 19.9. The zero-order chi connectivity index (χ0) is 22.3. The van der Waals surface area contributed by atoms with E-state index in [2.05, 4.69) is 37.2 Å². The van der Waals surface area contributed by atoms with Crippen LogP contribution in [0, 0.1) is 25.2 Å². The molecule has 2 rings (SSSR count). The molecule has 0 aliphatic rings. The Balaban J connectivity index is 2.21. The number of nitriles is 1. The van der Waals surface area contributed by atoms with E-state index in [1.165, 1.54) is 6.08 Å². The number of hydrogen-bond acceptors (Lipinski definition) is 5. The van der Waals surface area contributed by atoms with E-state index in [-0.39, 0.29) is 18.8 Å². The number of ether oxygens (including phenoxy) is 2. The maximum absolute atomic E-state index is 12.6. The van der Waals surface area contributed by atoms with Crippen molar-refractivity contribution >= 4 is 55.5 Å². The van der Waals surface area contributed by atoms with E-state index in [9.17, 15) is 14.9 Å². The Morgan fingerprint density at radius 2 is 1.83 bits per heavy atom. The van der Waals surface area contributed by atoms with Gasteiger partial charge in [0.1, 0.15) is 17.4 Å². The van der Waals surface area contributed by atoms with Gasteiger partial charge < -0.3 is 14.8 Å². The molecule has 0 atom stereocenters. The fraction of sp³-hybridized carbons (Fsp3) is 0.227. The van der Waals surface area contributed by atoms with Gasteiger partial charge >= 0.3 is 5.97 Å². The minimum Gasteiger partial charge on any atom is -0.480 e. The predicted octanol–water partition coefficient (Wildman–Crippen LogP) is 5.32. The van der Waals surface area contributed by atoms with Gasteiger partial charge in [-0.2, -0.15) is 5.26 Å². The predicted molar refractivity (Wildman–Crippen MR) is 122 cm³/mol. The monoisotopic (exact) mass is 534 g/mol. The fourth-order valence-electron chi connectivity index (χ4n) is 2.59. The van der Waals surface area contributed by atoms with E-state index in [1.807, 2.05) is 32.0 Å². The van der Waals surface area contributed by atoms with Crippen molar-refractivity contribution in [1.82, 2.24) is 0 Å². The molecule has 0 saturated carbocycles. The number of esters is 1. The minimum absolute atomic E-state index is 0.0473. The number of benzene rings is 2. The number of carbonyl (C=O) groups is 2. The molecule has 0 aliphatic carbocycles. The molecule has 8 heteroatoms. The van der Waals surface area contributed by atoms with Crippen molar-refractivity contribution in [3.63, 3.8) is 0 Å². The Morgan fingerprint density at radius 3 is 2.40 bits per heavy atom. The Kier molecular flexibility index (Phi) is 8.63. The Bertz CT molecular complexity index is 1020. The van der Waals surface area contributed by atoms with Gasteiger partial charge in [-0.25, -0.2) is 4.79 Å². The summed E-state index contributed by atoms with van der Waals surface area (Å²) in [6.45, 7) is 5.61. The summed E-state index contributed by atoms with van der Waals surface area (Å²) < 4.78 is 11.4. The number of rotatable bonds is 7. The van der Waals surface area contributed by atoms with Gasteiger partial charge in [0, 0.05) is 5.69 Å². The van der Waals surface area contributed by atoms with Crippen LogP contribution in [0.25, 0.3) is 6.08 Å². The van der Waals surface area contributed by atoms with Crippen molar-refractivity contribution in [2.75, 3.05) is 18.5 Å². The molecule has 0 aliphatic heterocycles. The van der Waals surface area contributed by atoms with Gasteiger partial charge in [-0.05, 0) is 88.0 Å². The molecule has 0 bridgehead atoms. The van der Waals surface area contributed by atoms with Gasteiger partial charge in [-0.1, -0.05) is 17.7 Å². The lowest BCUT2D eigenvalue weighted by Gasteiger charge is -2.11. The molecule has 0 fully saturated rings. The summed E-state index contributed by atoms with van der Waals surface area (Å²) in [6, 6.07) is 11.0. The molecule has 0 heterocycles. The van der Waals surface area contributed by atoms with Crippen LogP contribution in [0.3, 0.4) is 0 Å². The highest BCUT2D eigenvalue weighted by Gasteiger charge is 2.14. The first-order chi connectivity index (χ1) is 14.2. The molecule has 156 valence electrons. The minimum atomic E-state index is -0.501. The molecule has 2 aromatic carbocycles. The Morgan fingerprint density at radius 1 is 1.17 bits per heavy atom. The maximum Gasteiger partial charge on any atom is 0.344 e. The van der Waals surface area contributed by atoms with Crippen LogP contribution in [0.4, 0.5) is 5.69 Å². The van der Waals surface area contributed by atoms with Crippen molar-refractivity contribution in [1.29, 1.82) is 5.26 Å². The number of amides is 1. The summed E-state index contributed by atoms with van der Waals surface area (Å²) in [5.41, 5.74) is 3.20. The van der Waals surface area contributed by atoms with E-state index in [1.54, 1.807) is 25.1 Å². The highest BCUT2D eigenvalue weighted by molar-refractivity contribution is 9.11. The van der Waals surface area contributed by atoms with Gasteiger partial charge in [0.15, 0.2) is 6.61 Å². The van der Waals surface area contributed by atoms with E-state index in [4.69, 9.17) is 9.47 Å². The van der Waals surface area contributed by atoms with E-state index < -0.39 is 11.9 Å². The van der Waals surface area contributed by atoms with E-state index >= 15 is 0 Å². The number of anilines is 1. The quantitative estimate of drug-likeness (QED) is 0.294. The topological polar surface area (TPSA) is 88.4 Å². The van der Waals surface area contributed by atoms with Gasteiger partial charge in [-0.15, -0.1) is 0 Å². The SMILES string of the molecule is CCOC(=O)COc1c(Br)cc(/C=C(\C#N)C(=O)Nc2ccc(C)cc2C)cc1Br. The van der Waals surface area contributed by atoms with Crippen LogP contribution < -0.4 is 10.1 Å². The van der Waals surface area contributed by atoms with Gasteiger partial charge in [0.05, 0.1) is 15.6 Å². The van der Waals surface area contributed by atoms with Crippen molar-refractivity contribution in [2.45, 2.75) is 20.8 Å². The molecule has 0 radical (unpaired) electrons. The molecule has 30 heavy (non-hydrogen) atoms. The van der Waals surface area contributed by atoms with Crippen LogP contribution in [0.15, 0.2) is 44.9 Å². The summed E-state index contributed by atoms with van der Waals surface area (Å²) in [6.07, 6.45) is 1.48. The van der Waals surface area contributed by atoms with E-state index in [0.29, 0.717) is 25.9 Å². The molecule has 1 amide bonds. The van der Waals surface area contributed by atoms with Crippen molar-refractivity contribution < 1.29 is 19.1 Å². The number of hydrogen-bond donors (Lipinski definition) is 1. The molecule has 1 N–H and O–H groups in total. The highest BCUT2D eigenvalue weighted by Crippen LogP contribution is 2.35. The van der Waals surface area contributed by atoms with E-state index in [0.717, 1.165) is 11.1 Å². The van der Waals surface area contributed by atoms with Crippen LogP contribution >= 0.6 is 31.9 Å². The third-order valence-corrected chi connectivity index (χ3v) is 5.14. The second-order valence-electron chi connectivity index (χ2n) is 6.35. The van der Waals surface area contributed by atoms with Crippen LogP contribution in [-0.2, 0) is 14.3 Å². The second kappa shape index (κ2) is 11.0. The smallest absolute Gasteiger partial charge is 0.344 e. The average Bonchev–Trinajstić information content (AvgIpc) is 2.67. The molecule has 0 saturated heterocycles. The summed E-state index contributed by atoms with van der Waals surface area (Å²) >= 11 is 6.77. The number of nitrogens with zero attached hydrogens (tertiary/aromatic N) is 1. The number of carbonyl (C=O) groups excluding carboxylic acids is 2. The lowest BCUT2D eigenvalue weighted by atomic mass is 10.1. The highest BCUT2D eigenvalue weighted by atomic mass is 79.9. The summed E-state index contributed by atoms with van der Waals surface area (Å²) in [5, 5.41) is 12.2. The number of nitrogens with one attached hydrogen (secondary N) is 1. The molecule has 6 nitrogen and oxygen atoms in total. The van der Waals surface area contributed by atoms with Crippen LogP contribution in [-0.4, -0.2) is 25.1 Å². The standard InChI is InChI=1S/C22H20Br2N2O4/c1-4-29-20(27)12-30-21-17(23)9-15(10-18(21)24)8-16(11-25)22(28)26-19-6-5-13(2)7-14(19)3/h5-10H,4,12H2,1-3H3,(H,26,28)/b16-8+.